The molecule has 2 atom stereocenters. The number of sulfonamides is 1. The molecule has 21 heavy (non-hydrogen) atoms. The largest absolute Gasteiger partial charge is 0.338 e. The number of carbonyl (C=O) groups excluding carboxylic acids is 1. The lowest BCUT2D eigenvalue weighted by atomic mass is 10.0. The minimum atomic E-state index is -3.16. The molecule has 2 amide bonds. The van der Waals surface area contributed by atoms with Crippen molar-refractivity contribution in [1.29, 1.82) is 0 Å². The van der Waals surface area contributed by atoms with Gasteiger partial charge in [0.25, 0.3) is 0 Å². The topological polar surface area (TPSA) is 69.7 Å². The Hall–Kier alpha value is -0.820. The first-order chi connectivity index (χ1) is 9.86. The van der Waals surface area contributed by atoms with Crippen LogP contribution in [-0.2, 0) is 10.0 Å². The molecule has 0 aromatic carbocycles. The fourth-order valence-electron chi connectivity index (χ4n) is 3.21. The van der Waals surface area contributed by atoms with Crippen molar-refractivity contribution in [2.75, 3.05) is 32.7 Å². The number of fused-ring (bicyclic) bond motifs is 1. The average Bonchev–Trinajstić information content (AvgIpc) is 2.58. The van der Waals surface area contributed by atoms with Gasteiger partial charge in [-0.25, -0.2) is 17.5 Å². The highest BCUT2D eigenvalue weighted by molar-refractivity contribution is 7.90. The molecule has 0 radical (unpaired) electrons. The highest BCUT2D eigenvalue weighted by Gasteiger charge is 2.46. The molecule has 6 nitrogen and oxygen atoms in total. The van der Waals surface area contributed by atoms with Crippen molar-refractivity contribution in [3.8, 4) is 0 Å². The van der Waals surface area contributed by atoms with Gasteiger partial charge in [-0.15, -0.1) is 0 Å². The van der Waals surface area contributed by atoms with Gasteiger partial charge in [0.1, 0.15) is 0 Å². The summed E-state index contributed by atoms with van der Waals surface area (Å²) in [6, 6.07) is -0.0616. The zero-order valence-electron chi connectivity index (χ0n) is 13.2. The third-order valence-corrected chi connectivity index (χ3v) is 6.97. The van der Waals surface area contributed by atoms with Crippen molar-refractivity contribution >= 4 is 16.1 Å². The Labute approximate surface area is 127 Å². The predicted molar refractivity (Wildman–Crippen MR) is 82.5 cm³/mol. The molecular formula is C14H27N3O3S. The molecule has 2 heterocycles. The molecule has 7 heteroatoms. The molecule has 2 rings (SSSR count). The lowest BCUT2D eigenvalue weighted by Crippen LogP contribution is -2.42. The summed E-state index contributed by atoms with van der Waals surface area (Å²) in [4.78, 5) is 13.9. The number of nitrogens with zero attached hydrogens (tertiary/aromatic N) is 2. The average molecular weight is 317 g/mol. The van der Waals surface area contributed by atoms with Crippen LogP contribution < -0.4 is 5.32 Å². The van der Waals surface area contributed by atoms with Crippen molar-refractivity contribution in [3.05, 3.63) is 0 Å². The number of amides is 2. The summed E-state index contributed by atoms with van der Waals surface area (Å²) in [6.07, 6.45) is 1.33. The van der Waals surface area contributed by atoms with Crippen LogP contribution in [0.25, 0.3) is 0 Å². The van der Waals surface area contributed by atoms with E-state index in [2.05, 4.69) is 19.2 Å². The van der Waals surface area contributed by atoms with E-state index in [1.165, 1.54) is 0 Å². The van der Waals surface area contributed by atoms with Gasteiger partial charge >= 0.3 is 6.03 Å². The van der Waals surface area contributed by atoms with Crippen molar-refractivity contribution in [2.45, 2.75) is 38.9 Å². The number of carbonyl (C=O) groups is 1. The Balaban J connectivity index is 1.97. The molecule has 0 saturated carbocycles. The van der Waals surface area contributed by atoms with Crippen LogP contribution in [0.1, 0.15) is 33.6 Å². The van der Waals surface area contributed by atoms with Crippen LogP contribution in [0.5, 0.6) is 0 Å². The number of likely N-dealkylation sites (tertiary alicyclic amines) is 1. The maximum Gasteiger partial charge on any atom is 0.317 e. The summed E-state index contributed by atoms with van der Waals surface area (Å²) in [6.45, 7) is 9.00. The van der Waals surface area contributed by atoms with Crippen LogP contribution in [0.4, 0.5) is 4.79 Å². The standard InChI is InChI=1S/C14H27N3O3S/c1-4-17-10-12-5-7-16(14(18)15-9-11(2)3)8-6-13(12)21(17,19)20/h11-13H,4-10H2,1-3H3,(H,15,18)/t12-,13-/m1/s1. The molecule has 1 N–H and O–H groups in total. The maximum absolute atomic E-state index is 12.4. The number of rotatable bonds is 3. The number of hydrogen-bond acceptors (Lipinski definition) is 3. The SMILES string of the molecule is CCN1C[C@H]2CCN(C(=O)NCC(C)C)CC[C@H]2S1(=O)=O. The molecule has 0 aromatic heterocycles. The van der Waals surface area contributed by atoms with Crippen LogP contribution >= 0.6 is 0 Å². The van der Waals surface area contributed by atoms with Crippen LogP contribution in [0.3, 0.4) is 0 Å². The van der Waals surface area contributed by atoms with E-state index in [1.807, 2.05) is 6.92 Å². The normalized spacial score (nSPS) is 29.2. The second-order valence-electron chi connectivity index (χ2n) is 6.44. The Bertz CT molecular complexity index is 478. The second kappa shape index (κ2) is 6.52. The van der Waals surface area contributed by atoms with E-state index >= 15 is 0 Å². The lowest BCUT2D eigenvalue weighted by molar-refractivity contribution is 0.197. The summed E-state index contributed by atoms with van der Waals surface area (Å²) in [5, 5.41) is 2.61. The van der Waals surface area contributed by atoms with Gasteiger partial charge in [-0.2, -0.15) is 0 Å². The van der Waals surface area contributed by atoms with E-state index in [9.17, 15) is 13.2 Å². The molecular weight excluding hydrogens is 290 g/mol. The Morgan fingerprint density at radius 2 is 1.95 bits per heavy atom. The second-order valence-corrected chi connectivity index (χ2v) is 8.59. The highest BCUT2D eigenvalue weighted by atomic mass is 32.2. The van der Waals surface area contributed by atoms with Crippen molar-refractivity contribution in [1.82, 2.24) is 14.5 Å². The fraction of sp³-hybridized carbons (Fsp3) is 0.929. The molecule has 2 aliphatic heterocycles. The van der Waals surface area contributed by atoms with Crippen LogP contribution in [0.15, 0.2) is 0 Å². The predicted octanol–water partition coefficient (Wildman–Crippen LogP) is 1.10. The lowest BCUT2D eigenvalue weighted by Gasteiger charge is -2.22. The first-order valence-electron chi connectivity index (χ1n) is 7.88. The maximum atomic E-state index is 12.4. The fourth-order valence-corrected chi connectivity index (χ4v) is 5.47. The minimum absolute atomic E-state index is 0.0616. The number of nitrogens with one attached hydrogen (secondary N) is 1. The van der Waals surface area contributed by atoms with E-state index in [1.54, 1.807) is 9.21 Å². The van der Waals surface area contributed by atoms with Crippen LogP contribution in [0.2, 0.25) is 0 Å². The van der Waals surface area contributed by atoms with E-state index in [0.29, 0.717) is 45.1 Å². The number of hydrogen-bond donors (Lipinski definition) is 1. The van der Waals surface area contributed by atoms with Gasteiger partial charge in [-0.3, -0.25) is 0 Å². The highest BCUT2D eigenvalue weighted by Crippen LogP contribution is 2.33. The molecule has 0 bridgehead atoms. The molecule has 2 fully saturated rings. The van der Waals surface area contributed by atoms with Crippen molar-refractivity contribution < 1.29 is 13.2 Å². The summed E-state index contributed by atoms with van der Waals surface area (Å²) < 4.78 is 26.4. The van der Waals surface area contributed by atoms with Gasteiger partial charge in [-0.1, -0.05) is 20.8 Å². The minimum Gasteiger partial charge on any atom is -0.338 e. The molecule has 0 unspecified atom stereocenters. The van der Waals surface area contributed by atoms with Gasteiger partial charge in [0.15, 0.2) is 0 Å². The zero-order chi connectivity index (χ0) is 15.6. The third-order valence-electron chi connectivity index (χ3n) is 4.46. The quantitative estimate of drug-likeness (QED) is 0.847. The van der Waals surface area contributed by atoms with Crippen LogP contribution in [0, 0.1) is 11.8 Å². The monoisotopic (exact) mass is 317 g/mol. The van der Waals surface area contributed by atoms with Gasteiger partial charge in [0, 0.05) is 32.7 Å². The van der Waals surface area contributed by atoms with Crippen molar-refractivity contribution in [2.24, 2.45) is 11.8 Å². The molecule has 0 spiro atoms. The van der Waals surface area contributed by atoms with Gasteiger partial charge in [0.2, 0.25) is 10.0 Å². The molecule has 2 saturated heterocycles. The van der Waals surface area contributed by atoms with E-state index in [4.69, 9.17) is 0 Å². The van der Waals surface area contributed by atoms with Crippen LogP contribution in [-0.4, -0.2) is 61.6 Å². The van der Waals surface area contributed by atoms with Gasteiger partial charge < -0.3 is 10.2 Å². The van der Waals surface area contributed by atoms with E-state index in [0.717, 1.165) is 6.42 Å². The van der Waals surface area contributed by atoms with E-state index in [-0.39, 0.29) is 17.2 Å². The van der Waals surface area contributed by atoms with Gasteiger partial charge in [-0.05, 0) is 24.7 Å². The summed E-state index contributed by atoms with van der Waals surface area (Å²) >= 11 is 0. The molecule has 122 valence electrons. The molecule has 2 aliphatic rings. The molecule has 0 aliphatic carbocycles. The zero-order valence-corrected chi connectivity index (χ0v) is 14.0. The Kier molecular flexibility index (Phi) is 5.14. The summed E-state index contributed by atoms with van der Waals surface area (Å²) in [7, 11) is -3.16. The smallest absolute Gasteiger partial charge is 0.317 e. The van der Waals surface area contributed by atoms with Gasteiger partial charge in [0.05, 0.1) is 5.25 Å². The van der Waals surface area contributed by atoms with E-state index < -0.39 is 10.0 Å². The number of urea groups is 1. The Morgan fingerprint density at radius 3 is 2.57 bits per heavy atom. The molecule has 0 aromatic rings. The first-order valence-corrected chi connectivity index (χ1v) is 9.38. The first kappa shape index (κ1) is 16.5. The van der Waals surface area contributed by atoms with Crippen molar-refractivity contribution in [3.63, 3.8) is 0 Å². The summed E-state index contributed by atoms with van der Waals surface area (Å²) in [5.74, 6) is 0.580. The third kappa shape index (κ3) is 3.51. The Morgan fingerprint density at radius 1 is 1.29 bits per heavy atom. The summed E-state index contributed by atoms with van der Waals surface area (Å²) in [5.41, 5.74) is 0.